The Hall–Kier alpha value is -1.88. The number of hydrogen-bond donors (Lipinski definition) is 1. The van der Waals surface area contributed by atoms with Crippen LogP contribution < -0.4 is 5.32 Å². The molecule has 0 bridgehead atoms. The Kier molecular flexibility index (Phi) is 5.86. The second-order valence-electron chi connectivity index (χ2n) is 6.88. The van der Waals surface area contributed by atoms with Gasteiger partial charge in [0.1, 0.15) is 0 Å². The molecule has 24 heavy (non-hydrogen) atoms. The molecule has 2 heterocycles. The normalized spacial score (nSPS) is 21.9. The molecule has 5 heteroatoms. The number of piperidine rings is 1. The second kappa shape index (κ2) is 8.29. The maximum atomic E-state index is 12.2. The summed E-state index contributed by atoms with van der Waals surface area (Å²) in [6.07, 6.45) is 4.93. The smallest absolute Gasteiger partial charge is 0.234 e. The van der Waals surface area contributed by atoms with Gasteiger partial charge in [0, 0.05) is 19.5 Å². The van der Waals surface area contributed by atoms with Gasteiger partial charge in [-0.15, -0.1) is 0 Å². The van der Waals surface area contributed by atoms with E-state index in [4.69, 9.17) is 0 Å². The standard InChI is InChI=1S/C19H27N3O2/c23-18(15-21-10-5-2-6-11-21)20-17-13-19(24)22(14-17)12-9-16-7-3-1-4-8-16/h1,3-4,7-8,17H,2,5-6,9-15H2,(H,20,23). The van der Waals surface area contributed by atoms with Gasteiger partial charge in [-0.2, -0.15) is 0 Å². The van der Waals surface area contributed by atoms with Crippen LogP contribution in [0, 0.1) is 0 Å². The number of hydrogen-bond acceptors (Lipinski definition) is 3. The van der Waals surface area contributed by atoms with E-state index in [2.05, 4.69) is 22.3 Å². The lowest BCUT2D eigenvalue weighted by Crippen LogP contribution is -2.44. The number of nitrogens with zero attached hydrogens (tertiary/aromatic N) is 2. The molecule has 1 N–H and O–H groups in total. The summed E-state index contributed by atoms with van der Waals surface area (Å²) in [5.74, 6) is 0.203. The quantitative estimate of drug-likeness (QED) is 0.859. The number of rotatable bonds is 6. The Morgan fingerprint density at radius 3 is 2.62 bits per heavy atom. The molecule has 0 saturated carbocycles. The van der Waals surface area contributed by atoms with Gasteiger partial charge >= 0.3 is 0 Å². The van der Waals surface area contributed by atoms with Crippen molar-refractivity contribution in [3.63, 3.8) is 0 Å². The molecular weight excluding hydrogens is 302 g/mol. The molecule has 5 nitrogen and oxygen atoms in total. The third-order valence-electron chi connectivity index (χ3n) is 4.91. The topological polar surface area (TPSA) is 52.7 Å². The van der Waals surface area contributed by atoms with Crippen LogP contribution in [0.5, 0.6) is 0 Å². The van der Waals surface area contributed by atoms with Crippen molar-refractivity contribution in [1.82, 2.24) is 15.1 Å². The van der Waals surface area contributed by atoms with Crippen LogP contribution in [0.3, 0.4) is 0 Å². The summed E-state index contributed by atoms with van der Waals surface area (Å²) < 4.78 is 0. The summed E-state index contributed by atoms with van der Waals surface area (Å²) in [7, 11) is 0. The molecule has 2 aliphatic heterocycles. The van der Waals surface area contributed by atoms with Crippen molar-refractivity contribution in [2.24, 2.45) is 0 Å². The molecule has 0 aromatic heterocycles. The zero-order valence-electron chi connectivity index (χ0n) is 14.2. The molecule has 2 aliphatic rings. The molecule has 0 aliphatic carbocycles. The fraction of sp³-hybridized carbons (Fsp3) is 0.579. The Morgan fingerprint density at radius 2 is 1.88 bits per heavy atom. The largest absolute Gasteiger partial charge is 0.350 e. The molecule has 1 aromatic carbocycles. The van der Waals surface area contributed by atoms with Crippen LogP contribution in [0.4, 0.5) is 0 Å². The summed E-state index contributed by atoms with van der Waals surface area (Å²) in [5.41, 5.74) is 1.24. The summed E-state index contributed by atoms with van der Waals surface area (Å²) in [6, 6.07) is 10.2. The number of likely N-dealkylation sites (tertiary alicyclic amines) is 2. The molecule has 130 valence electrons. The molecule has 0 spiro atoms. The van der Waals surface area contributed by atoms with E-state index in [1.54, 1.807) is 0 Å². The van der Waals surface area contributed by atoms with Crippen LogP contribution in [0.1, 0.15) is 31.2 Å². The molecule has 2 amide bonds. The first-order chi connectivity index (χ1) is 11.7. The van der Waals surface area contributed by atoms with Gasteiger partial charge in [0.05, 0.1) is 12.6 Å². The van der Waals surface area contributed by atoms with E-state index in [0.29, 0.717) is 19.5 Å². The highest BCUT2D eigenvalue weighted by molar-refractivity contribution is 5.83. The van der Waals surface area contributed by atoms with Crippen LogP contribution in [-0.4, -0.2) is 60.4 Å². The van der Waals surface area contributed by atoms with E-state index in [1.165, 1.54) is 24.8 Å². The highest BCUT2D eigenvalue weighted by Crippen LogP contribution is 2.13. The van der Waals surface area contributed by atoms with Crippen molar-refractivity contribution in [3.05, 3.63) is 35.9 Å². The number of nitrogens with one attached hydrogen (secondary N) is 1. The van der Waals surface area contributed by atoms with E-state index in [9.17, 15) is 9.59 Å². The van der Waals surface area contributed by atoms with Crippen LogP contribution in [0.2, 0.25) is 0 Å². The van der Waals surface area contributed by atoms with E-state index in [1.807, 2.05) is 23.1 Å². The van der Waals surface area contributed by atoms with Crippen LogP contribution >= 0.6 is 0 Å². The second-order valence-corrected chi connectivity index (χ2v) is 6.88. The van der Waals surface area contributed by atoms with Gasteiger partial charge in [-0.25, -0.2) is 0 Å². The molecular formula is C19H27N3O2. The summed E-state index contributed by atoms with van der Waals surface area (Å²) in [6.45, 7) is 3.86. The monoisotopic (exact) mass is 329 g/mol. The first-order valence-electron chi connectivity index (χ1n) is 9.04. The minimum atomic E-state index is -0.0365. The molecule has 2 fully saturated rings. The van der Waals surface area contributed by atoms with Gasteiger partial charge in [0.15, 0.2) is 0 Å². The maximum absolute atomic E-state index is 12.2. The lowest BCUT2D eigenvalue weighted by molar-refractivity contribution is -0.127. The van der Waals surface area contributed by atoms with Gasteiger partial charge in [0.2, 0.25) is 11.8 Å². The van der Waals surface area contributed by atoms with Gasteiger partial charge in [0.25, 0.3) is 0 Å². The first kappa shape index (κ1) is 17.0. The van der Waals surface area contributed by atoms with Crippen molar-refractivity contribution in [1.29, 1.82) is 0 Å². The number of amides is 2. The fourth-order valence-electron chi connectivity index (χ4n) is 3.59. The van der Waals surface area contributed by atoms with E-state index in [-0.39, 0.29) is 17.9 Å². The van der Waals surface area contributed by atoms with Gasteiger partial charge in [-0.3, -0.25) is 14.5 Å². The van der Waals surface area contributed by atoms with Crippen LogP contribution in [0.15, 0.2) is 30.3 Å². The van der Waals surface area contributed by atoms with E-state index >= 15 is 0 Å². The molecule has 3 rings (SSSR count). The predicted octanol–water partition coefficient (Wildman–Crippen LogP) is 1.43. The van der Waals surface area contributed by atoms with Crippen LogP contribution in [-0.2, 0) is 16.0 Å². The highest BCUT2D eigenvalue weighted by Gasteiger charge is 2.30. The minimum absolute atomic E-state index is 0.0365. The summed E-state index contributed by atoms with van der Waals surface area (Å²) in [5, 5.41) is 3.04. The van der Waals surface area contributed by atoms with Gasteiger partial charge < -0.3 is 10.2 Å². The summed E-state index contributed by atoms with van der Waals surface area (Å²) in [4.78, 5) is 28.4. The lowest BCUT2D eigenvalue weighted by Gasteiger charge is -2.26. The third kappa shape index (κ3) is 4.81. The molecule has 2 saturated heterocycles. The number of carbonyl (C=O) groups is 2. The highest BCUT2D eigenvalue weighted by atomic mass is 16.2. The van der Waals surface area contributed by atoms with Gasteiger partial charge in [-0.1, -0.05) is 36.8 Å². The molecule has 1 unspecified atom stereocenters. The number of carbonyl (C=O) groups excluding carboxylic acids is 2. The maximum Gasteiger partial charge on any atom is 0.234 e. The fourth-order valence-corrected chi connectivity index (χ4v) is 3.59. The van der Waals surface area contributed by atoms with E-state index in [0.717, 1.165) is 26.1 Å². The SMILES string of the molecule is O=C(CN1CCCCC1)NC1CC(=O)N(CCc2ccccc2)C1. The van der Waals surface area contributed by atoms with Crippen molar-refractivity contribution >= 4 is 11.8 Å². The van der Waals surface area contributed by atoms with E-state index < -0.39 is 0 Å². The Morgan fingerprint density at radius 1 is 1.12 bits per heavy atom. The Labute approximate surface area is 144 Å². The third-order valence-corrected chi connectivity index (χ3v) is 4.91. The average Bonchev–Trinajstić information content (AvgIpc) is 2.94. The molecule has 1 atom stereocenters. The summed E-state index contributed by atoms with van der Waals surface area (Å²) >= 11 is 0. The predicted molar refractivity (Wildman–Crippen MR) is 93.6 cm³/mol. The average molecular weight is 329 g/mol. The van der Waals surface area contributed by atoms with Crippen molar-refractivity contribution in [2.45, 2.75) is 38.1 Å². The zero-order valence-corrected chi connectivity index (χ0v) is 14.2. The first-order valence-corrected chi connectivity index (χ1v) is 9.04. The lowest BCUT2D eigenvalue weighted by atomic mass is 10.1. The Bertz CT molecular complexity index is 555. The minimum Gasteiger partial charge on any atom is -0.350 e. The Balaban J connectivity index is 1.41. The molecule has 0 radical (unpaired) electrons. The van der Waals surface area contributed by atoms with Gasteiger partial charge in [-0.05, 0) is 37.9 Å². The molecule has 1 aromatic rings. The van der Waals surface area contributed by atoms with Crippen LogP contribution in [0.25, 0.3) is 0 Å². The van der Waals surface area contributed by atoms with Crippen molar-refractivity contribution in [3.8, 4) is 0 Å². The number of benzene rings is 1. The van der Waals surface area contributed by atoms with Crippen molar-refractivity contribution in [2.75, 3.05) is 32.7 Å². The van der Waals surface area contributed by atoms with Crippen molar-refractivity contribution < 1.29 is 9.59 Å². The zero-order chi connectivity index (χ0) is 16.8.